The first-order valence-electron chi connectivity index (χ1n) is 9.91. The Bertz CT molecular complexity index is 883. The number of pyridine rings is 1. The number of hydrogen-bond donors (Lipinski definition) is 3. The van der Waals surface area contributed by atoms with Crippen LogP contribution in [0.2, 0.25) is 0 Å². The molecule has 2 fully saturated rings. The zero-order valence-corrected chi connectivity index (χ0v) is 16.6. The summed E-state index contributed by atoms with van der Waals surface area (Å²) in [6.07, 6.45) is 4.41. The summed E-state index contributed by atoms with van der Waals surface area (Å²) >= 11 is 0. The molecule has 2 heterocycles. The van der Waals surface area contributed by atoms with Crippen molar-refractivity contribution in [3.8, 4) is 0 Å². The van der Waals surface area contributed by atoms with Crippen LogP contribution in [0.5, 0.6) is 0 Å². The molecule has 7 heteroatoms. The van der Waals surface area contributed by atoms with E-state index < -0.39 is 0 Å². The van der Waals surface area contributed by atoms with Crippen molar-refractivity contribution in [1.29, 1.82) is 0 Å². The Hall–Kier alpha value is -2.93. The molecular formula is C22H26N4O3. The molecule has 0 spiro atoms. The van der Waals surface area contributed by atoms with Gasteiger partial charge in [0.05, 0.1) is 11.7 Å². The maximum absolute atomic E-state index is 12.3. The third-order valence-electron chi connectivity index (χ3n) is 5.98. The third kappa shape index (κ3) is 3.96. The van der Waals surface area contributed by atoms with E-state index in [-0.39, 0.29) is 29.5 Å². The second-order valence-electron chi connectivity index (χ2n) is 8.26. The molecular weight excluding hydrogens is 368 g/mol. The van der Waals surface area contributed by atoms with Gasteiger partial charge in [-0.2, -0.15) is 0 Å². The Morgan fingerprint density at radius 2 is 2.00 bits per heavy atom. The summed E-state index contributed by atoms with van der Waals surface area (Å²) in [5.41, 5.74) is 2.11. The normalized spacial score (nSPS) is 24.1. The highest BCUT2D eigenvalue weighted by atomic mass is 16.5. The predicted molar refractivity (Wildman–Crippen MR) is 109 cm³/mol. The van der Waals surface area contributed by atoms with Gasteiger partial charge in [0.25, 0.3) is 5.91 Å². The molecule has 3 unspecified atom stereocenters. The van der Waals surface area contributed by atoms with E-state index in [9.17, 15) is 9.59 Å². The van der Waals surface area contributed by atoms with E-state index in [4.69, 9.17) is 4.74 Å². The van der Waals surface area contributed by atoms with E-state index in [1.165, 1.54) is 6.20 Å². The number of anilines is 1. The second-order valence-corrected chi connectivity index (χ2v) is 8.26. The molecule has 4 rings (SSSR count). The molecule has 1 saturated carbocycles. The molecule has 1 aliphatic heterocycles. The first-order valence-corrected chi connectivity index (χ1v) is 9.91. The average Bonchev–Trinajstić information content (AvgIpc) is 3.19. The molecule has 3 N–H and O–H groups in total. The first-order chi connectivity index (χ1) is 13.9. The largest absolute Gasteiger partial charge is 0.377 e. The van der Waals surface area contributed by atoms with E-state index in [1.807, 2.05) is 24.3 Å². The summed E-state index contributed by atoms with van der Waals surface area (Å²) in [5.74, 6) is 0.208. The van der Waals surface area contributed by atoms with Gasteiger partial charge in [-0.25, -0.2) is 4.79 Å². The van der Waals surface area contributed by atoms with Crippen molar-refractivity contribution in [1.82, 2.24) is 15.6 Å². The highest BCUT2D eigenvalue weighted by Gasteiger charge is 2.59. The molecule has 0 radical (unpaired) electrons. The van der Waals surface area contributed by atoms with Gasteiger partial charge in [-0.15, -0.1) is 0 Å². The lowest BCUT2D eigenvalue weighted by atomic mass is 9.57. The molecule has 1 saturated heterocycles. The Morgan fingerprint density at radius 1 is 1.21 bits per heavy atom. The van der Waals surface area contributed by atoms with Crippen molar-refractivity contribution in [2.24, 2.45) is 11.3 Å². The molecule has 2 aromatic rings. The second kappa shape index (κ2) is 7.83. The van der Waals surface area contributed by atoms with Gasteiger partial charge in [0.1, 0.15) is 0 Å². The van der Waals surface area contributed by atoms with E-state index in [0.717, 1.165) is 18.6 Å². The fraction of sp³-hybridized carbons (Fsp3) is 0.409. The molecule has 29 heavy (non-hydrogen) atoms. The van der Waals surface area contributed by atoms with Crippen molar-refractivity contribution in [2.45, 2.75) is 39.0 Å². The smallest absolute Gasteiger partial charge is 0.315 e. The van der Waals surface area contributed by atoms with Crippen molar-refractivity contribution in [3.63, 3.8) is 0 Å². The van der Waals surface area contributed by atoms with Gasteiger partial charge in [-0.1, -0.05) is 26.0 Å². The van der Waals surface area contributed by atoms with Crippen LogP contribution in [0.25, 0.3) is 0 Å². The van der Waals surface area contributed by atoms with Crippen LogP contribution in [0.3, 0.4) is 0 Å². The van der Waals surface area contributed by atoms with E-state index in [0.29, 0.717) is 23.7 Å². The van der Waals surface area contributed by atoms with Gasteiger partial charge in [-0.3, -0.25) is 9.78 Å². The molecule has 152 valence electrons. The molecule has 0 bridgehead atoms. The number of amides is 3. The van der Waals surface area contributed by atoms with Crippen LogP contribution in [-0.4, -0.2) is 35.7 Å². The SMILES string of the molecule is CC1(C)C(NC(=O)NCc2ccc(NC(=O)c3cccnc3)cc2)C2CCOC21. The van der Waals surface area contributed by atoms with Gasteiger partial charge < -0.3 is 20.7 Å². The molecule has 3 amide bonds. The van der Waals surface area contributed by atoms with Gasteiger partial charge in [0, 0.05) is 48.6 Å². The molecule has 1 aromatic carbocycles. The predicted octanol–water partition coefficient (Wildman–Crippen LogP) is 2.95. The molecule has 7 nitrogen and oxygen atoms in total. The topological polar surface area (TPSA) is 92.4 Å². The first kappa shape index (κ1) is 19.4. The maximum atomic E-state index is 12.3. The summed E-state index contributed by atoms with van der Waals surface area (Å²) in [5, 5.41) is 8.86. The molecule has 1 aliphatic carbocycles. The third-order valence-corrected chi connectivity index (χ3v) is 5.98. The number of nitrogens with zero attached hydrogens (tertiary/aromatic N) is 1. The summed E-state index contributed by atoms with van der Waals surface area (Å²) < 4.78 is 5.77. The van der Waals surface area contributed by atoms with Gasteiger partial charge in [0.15, 0.2) is 0 Å². The summed E-state index contributed by atoms with van der Waals surface area (Å²) in [7, 11) is 0. The number of benzene rings is 1. The number of hydrogen-bond acceptors (Lipinski definition) is 4. The van der Waals surface area contributed by atoms with Crippen LogP contribution in [0.15, 0.2) is 48.8 Å². The molecule has 1 aromatic heterocycles. The number of fused-ring (bicyclic) bond motifs is 1. The van der Waals surface area contributed by atoms with Gasteiger partial charge in [0.2, 0.25) is 0 Å². The van der Waals surface area contributed by atoms with Crippen LogP contribution in [0, 0.1) is 11.3 Å². The Balaban J connectivity index is 1.26. The number of rotatable bonds is 5. The fourth-order valence-corrected chi connectivity index (χ4v) is 4.40. The van der Waals surface area contributed by atoms with Crippen LogP contribution in [0.1, 0.15) is 36.2 Å². The van der Waals surface area contributed by atoms with Crippen molar-refractivity contribution in [3.05, 3.63) is 59.9 Å². The number of urea groups is 1. The number of nitrogens with one attached hydrogen (secondary N) is 3. The van der Waals surface area contributed by atoms with Crippen molar-refractivity contribution >= 4 is 17.6 Å². The van der Waals surface area contributed by atoms with E-state index >= 15 is 0 Å². The summed E-state index contributed by atoms with van der Waals surface area (Å²) in [6.45, 7) is 5.48. The highest BCUT2D eigenvalue weighted by molar-refractivity contribution is 6.04. The zero-order chi connectivity index (χ0) is 20.4. The molecule has 3 atom stereocenters. The quantitative estimate of drug-likeness (QED) is 0.727. The Kier molecular flexibility index (Phi) is 5.24. The Labute approximate surface area is 170 Å². The molecule has 2 aliphatic rings. The van der Waals surface area contributed by atoms with Crippen molar-refractivity contribution < 1.29 is 14.3 Å². The fourth-order valence-electron chi connectivity index (χ4n) is 4.40. The van der Waals surface area contributed by atoms with Crippen LogP contribution >= 0.6 is 0 Å². The summed E-state index contributed by atoms with van der Waals surface area (Å²) in [4.78, 5) is 28.4. The van der Waals surface area contributed by atoms with Gasteiger partial charge >= 0.3 is 6.03 Å². The van der Waals surface area contributed by atoms with E-state index in [1.54, 1.807) is 18.3 Å². The van der Waals surface area contributed by atoms with Crippen molar-refractivity contribution in [2.75, 3.05) is 11.9 Å². The maximum Gasteiger partial charge on any atom is 0.315 e. The highest BCUT2D eigenvalue weighted by Crippen LogP contribution is 2.52. The minimum atomic E-state index is -0.208. The zero-order valence-electron chi connectivity index (χ0n) is 16.6. The summed E-state index contributed by atoms with van der Waals surface area (Å²) in [6, 6.07) is 10.8. The average molecular weight is 394 g/mol. The monoisotopic (exact) mass is 394 g/mol. The lowest BCUT2D eigenvalue weighted by Crippen LogP contribution is -2.67. The number of aromatic nitrogens is 1. The minimum Gasteiger partial charge on any atom is -0.377 e. The number of ether oxygens (including phenoxy) is 1. The number of carbonyl (C=O) groups excluding carboxylic acids is 2. The van der Waals surface area contributed by atoms with Crippen LogP contribution in [0.4, 0.5) is 10.5 Å². The van der Waals surface area contributed by atoms with Crippen LogP contribution < -0.4 is 16.0 Å². The lowest BCUT2D eigenvalue weighted by molar-refractivity contribution is -0.108. The Morgan fingerprint density at radius 3 is 2.72 bits per heavy atom. The minimum absolute atomic E-state index is 0.0351. The number of carbonyl (C=O) groups is 2. The van der Waals surface area contributed by atoms with E-state index in [2.05, 4.69) is 34.8 Å². The lowest BCUT2D eigenvalue weighted by Gasteiger charge is -2.54. The standard InChI is InChI=1S/C22H26N4O3/c1-22(2)18(17-9-11-29-19(17)22)26-21(28)24-12-14-5-7-16(8-6-14)25-20(27)15-4-3-10-23-13-15/h3-8,10,13,17-19H,9,11-12H2,1-2H3,(H,25,27)(H2,24,26,28). The van der Waals surface area contributed by atoms with Gasteiger partial charge in [-0.05, 0) is 36.2 Å². The van der Waals surface area contributed by atoms with Crippen LogP contribution in [-0.2, 0) is 11.3 Å².